The van der Waals surface area contributed by atoms with E-state index in [9.17, 15) is 9.90 Å². The minimum absolute atomic E-state index is 0.0405. The van der Waals surface area contributed by atoms with Crippen LogP contribution in [0.25, 0.3) is 11.2 Å². The number of imidazole rings is 1. The maximum absolute atomic E-state index is 11.8. The fraction of sp³-hybridized carbons (Fsp3) is 0.583. The second kappa shape index (κ2) is 7.31. The number of aromatic nitrogens is 4. The van der Waals surface area contributed by atoms with Crippen molar-refractivity contribution in [1.29, 1.82) is 0 Å². The van der Waals surface area contributed by atoms with Gasteiger partial charge in [0.05, 0.1) is 26.1 Å². The van der Waals surface area contributed by atoms with Crippen LogP contribution in [0.5, 0.6) is 0 Å². The van der Waals surface area contributed by atoms with Crippen LogP contribution in [-0.2, 0) is 14.2 Å². The molecule has 0 amide bonds. The van der Waals surface area contributed by atoms with Crippen LogP contribution in [0, 0.1) is 0 Å². The third kappa shape index (κ3) is 3.42. The first-order chi connectivity index (χ1) is 10.6. The Morgan fingerprint density at radius 3 is 2.68 bits per heavy atom. The Morgan fingerprint density at radius 1 is 1.41 bits per heavy atom. The Labute approximate surface area is 125 Å². The van der Waals surface area contributed by atoms with Crippen LogP contribution in [0.3, 0.4) is 0 Å². The molecule has 122 valence electrons. The van der Waals surface area contributed by atoms with E-state index < -0.39 is 17.9 Å². The number of methoxy groups -OCH3 is 2. The molecule has 0 saturated carbocycles. The van der Waals surface area contributed by atoms with Crippen molar-refractivity contribution in [1.82, 2.24) is 19.5 Å². The van der Waals surface area contributed by atoms with E-state index in [0.717, 1.165) is 0 Å². The van der Waals surface area contributed by atoms with E-state index in [1.807, 2.05) is 0 Å². The van der Waals surface area contributed by atoms with Gasteiger partial charge in [0.15, 0.2) is 17.4 Å². The van der Waals surface area contributed by atoms with Crippen LogP contribution in [-0.4, -0.2) is 64.8 Å². The van der Waals surface area contributed by atoms with Crippen molar-refractivity contribution in [3.05, 3.63) is 16.7 Å². The third-order valence-electron chi connectivity index (χ3n) is 2.97. The summed E-state index contributed by atoms with van der Waals surface area (Å²) in [7, 11) is 3.07. The van der Waals surface area contributed by atoms with E-state index in [-0.39, 0.29) is 36.9 Å². The number of nitrogens with two attached hydrogens (primary N) is 1. The topological polar surface area (TPSA) is 138 Å². The molecule has 0 radical (unpaired) electrons. The molecule has 0 bridgehead atoms. The maximum Gasteiger partial charge on any atom is 0.280 e. The lowest BCUT2D eigenvalue weighted by Gasteiger charge is -2.23. The lowest BCUT2D eigenvalue weighted by molar-refractivity contribution is -0.120. The van der Waals surface area contributed by atoms with E-state index in [1.54, 1.807) is 0 Å². The fourth-order valence-corrected chi connectivity index (χ4v) is 2.07. The molecule has 2 aromatic heterocycles. The predicted molar refractivity (Wildman–Crippen MR) is 77.3 cm³/mol. The van der Waals surface area contributed by atoms with Gasteiger partial charge in [-0.1, -0.05) is 0 Å². The fourth-order valence-electron chi connectivity index (χ4n) is 2.07. The smallest absolute Gasteiger partial charge is 0.280 e. The number of aliphatic hydroxyl groups excluding tert-OH is 1. The number of H-pyrrole nitrogens is 1. The number of hydrogen-bond acceptors (Lipinski definition) is 8. The second-order valence-electron chi connectivity index (χ2n) is 4.58. The van der Waals surface area contributed by atoms with Gasteiger partial charge < -0.3 is 25.1 Å². The number of aliphatic hydroxyl groups is 1. The molecule has 2 rings (SSSR count). The number of nitrogens with one attached hydrogen (secondary N) is 1. The van der Waals surface area contributed by atoms with E-state index in [2.05, 4.69) is 15.0 Å². The summed E-state index contributed by atoms with van der Waals surface area (Å²) in [5, 5.41) is 9.58. The molecule has 22 heavy (non-hydrogen) atoms. The Hall–Kier alpha value is -2.01. The highest BCUT2D eigenvalue weighted by Gasteiger charge is 2.21. The Balaban J connectivity index is 2.33. The van der Waals surface area contributed by atoms with Gasteiger partial charge in [-0.3, -0.25) is 14.3 Å². The van der Waals surface area contributed by atoms with Gasteiger partial charge in [-0.05, 0) is 0 Å². The number of nitrogens with zero attached hydrogens (tertiary/aromatic N) is 3. The normalized spacial score (nSPS) is 13.1. The van der Waals surface area contributed by atoms with Crippen LogP contribution < -0.4 is 11.3 Å². The zero-order valence-corrected chi connectivity index (χ0v) is 12.4. The first-order valence-corrected chi connectivity index (χ1v) is 6.57. The Kier molecular flexibility index (Phi) is 5.44. The van der Waals surface area contributed by atoms with Crippen LogP contribution in [0.1, 0.15) is 6.23 Å². The molecular weight excluding hydrogens is 294 g/mol. The summed E-state index contributed by atoms with van der Waals surface area (Å²) >= 11 is 0. The van der Waals surface area contributed by atoms with Gasteiger partial charge >= 0.3 is 0 Å². The molecule has 0 unspecified atom stereocenters. The molecule has 4 N–H and O–H groups in total. The summed E-state index contributed by atoms with van der Waals surface area (Å²) in [6.07, 6.45) is 0.169. The van der Waals surface area contributed by atoms with Crippen LogP contribution in [0.2, 0.25) is 0 Å². The van der Waals surface area contributed by atoms with Crippen LogP contribution >= 0.6 is 0 Å². The second-order valence-corrected chi connectivity index (χ2v) is 4.58. The summed E-state index contributed by atoms with van der Waals surface area (Å²) in [6, 6.07) is 0. The minimum Gasteiger partial charge on any atom is -0.392 e. The first-order valence-electron chi connectivity index (χ1n) is 6.57. The lowest BCUT2D eigenvalue weighted by atomic mass is 10.4. The van der Waals surface area contributed by atoms with Crippen molar-refractivity contribution >= 4 is 17.1 Å². The molecule has 0 saturated heterocycles. The van der Waals surface area contributed by atoms with E-state index >= 15 is 0 Å². The van der Waals surface area contributed by atoms with Crippen molar-refractivity contribution in [2.75, 3.05) is 39.8 Å². The van der Waals surface area contributed by atoms with Crippen molar-refractivity contribution in [3.8, 4) is 0 Å². The van der Waals surface area contributed by atoms with Gasteiger partial charge in [0.2, 0.25) is 5.95 Å². The van der Waals surface area contributed by atoms with Crippen molar-refractivity contribution in [3.63, 3.8) is 0 Å². The van der Waals surface area contributed by atoms with Crippen LogP contribution in [0.4, 0.5) is 5.95 Å². The molecule has 0 aromatic carbocycles. The first kappa shape index (κ1) is 16.4. The minimum atomic E-state index is -0.797. The Bertz CT molecular complexity index is 663. The lowest BCUT2D eigenvalue weighted by Crippen LogP contribution is -2.30. The average Bonchev–Trinajstić information content (AvgIpc) is 2.89. The summed E-state index contributed by atoms with van der Waals surface area (Å²) < 4.78 is 17.3. The van der Waals surface area contributed by atoms with Gasteiger partial charge in [-0.15, -0.1) is 0 Å². The molecule has 0 aliphatic carbocycles. The molecule has 10 nitrogen and oxygen atoms in total. The average molecular weight is 313 g/mol. The number of rotatable bonds is 8. The summed E-state index contributed by atoms with van der Waals surface area (Å²) in [5.41, 5.74) is 5.43. The third-order valence-corrected chi connectivity index (χ3v) is 2.97. The number of ether oxygens (including phenoxy) is 3. The highest BCUT2D eigenvalue weighted by molar-refractivity contribution is 5.70. The van der Waals surface area contributed by atoms with Gasteiger partial charge in [-0.25, -0.2) is 4.98 Å². The molecule has 0 fully saturated rings. The molecule has 1 atom stereocenters. The number of hydrogen-bond donors (Lipinski definition) is 3. The van der Waals surface area contributed by atoms with Crippen molar-refractivity contribution in [2.24, 2.45) is 0 Å². The number of fused-ring (bicyclic) bond motifs is 1. The molecule has 2 heterocycles. The quantitative estimate of drug-likeness (QED) is 0.556. The monoisotopic (exact) mass is 313 g/mol. The SMILES string of the molecule is COCC(COC)O[C@H](CO)n1cnc2c(=O)[nH]c(N)nc21. The molecule has 2 aromatic rings. The molecule has 0 aliphatic rings. The van der Waals surface area contributed by atoms with Gasteiger partial charge in [0.1, 0.15) is 6.10 Å². The predicted octanol–water partition coefficient (Wildman–Crippen LogP) is -1.13. The number of aromatic amines is 1. The number of nitrogen functional groups attached to an aromatic ring is 1. The van der Waals surface area contributed by atoms with Gasteiger partial charge in [-0.2, -0.15) is 4.98 Å². The van der Waals surface area contributed by atoms with Crippen LogP contribution in [0.15, 0.2) is 11.1 Å². The molecule has 10 heteroatoms. The van der Waals surface area contributed by atoms with Crippen molar-refractivity contribution in [2.45, 2.75) is 12.3 Å². The number of anilines is 1. The standard InChI is InChI=1S/C12H19N5O5/c1-20-4-7(5-21-2)22-8(3-18)17-6-14-9-10(17)15-12(13)16-11(9)19/h6-8,18H,3-5H2,1-2H3,(H3,13,15,16,19)/t8-/m1/s1. The van der Waals surface area contributed by atoms with E-state index in [4.69, 9.17) is 19.9 Å². The highest BCUT2D eigenvalue weighted by atomic mass is 16.6. The van der Waals surface area contributed by atoms with E-state index in [0.29, 0.717) is 0 Å². The summed E-state index contributed by atoms with van der Waals surface area (Å²) in [5.74, 6) is -0.0405. The Morgan fingerprint density at radius 2 is 2.09 bits per heavy atom. The van der Waals surface area contributed by atoms with E-state index in [1.165, 1.54) is 25.1 Å². The molecule has 0 aliphatic heterocycles. The summed E-state index contributed by atoms with van der Waals surface area (Å²) in [4.78, 5) is 22.1. The van der Waals surface area contributed by atoms with Gasteiger partial charge in [0.25, 0.3) is 5.56 Å². The highest BCUT2D eigenvalue weighted by Crippen LogP contribution is 2.17. The summed E-state index contributed by atoms with van der Waals surface area (Å²) in [6.45, 7) is 0.226. The maximum atomic E-state index is 11.8. The van der Waals surface area contributed by atoms with Gasteiger partial charge in [0, 0.05) is 14.2 Å². The largest absolute Gasteiger partial charge is 0.392 e. The molecule has 0 spiro atoms. The zero-order chi connectivity index (χ0) is 16.1. The molecular formula is C12H19N5O5. The van der Waals surface area contributed by atoms with Crippen molar-refractivity contribution < 1.29 is 19.3 Å². The zero-order valence-electron chi connectivity index (χ0n) is 12.4.